The van der Waals surface area contributed by atoms with Crippen LogP contribution in [0, 0.1) is 18.3 Å². The first-order chi connectivity index (χ1) is 9.56. The van der Waals surface area contributed by atoms with Gasteiger partial charge in [0.05, 0.1) is 6.07 Å². The van der Waals surface area contributed by atoms with Crippen LogP contribution in [0.25, 0.3) is 0 Å². The maximum Gasteiger partial charge on any atom is 0.184 e. The standard InChI is InChI=1S/C16H11Cl2NO/c1-10-11(6-4-8-14(10)17)16(20)13(9-19)12-5-2-3-7-15(12)18/h2-8,13H,1H3. The molecule has 2 rings (SSSR count). The molecular weight excluding hydrogens is 293 g/mol. The van der Waals surface area contributed by atoms with Gasteiger partial charge in [-0.1, -0.05) is 53.5 Å². The number of rotatable bonds is 3. The molecule has 0 aliphatic rings. The number of carbonyl (C=O) groups is 1. The van der Waals surface area contributed by atoms with Gasteiger partial charge in [0.25, 0.3) is 0 Å². The van der Waals surface area contributed by atoms with Gasteiger partial charge in [-0.15, -0.1) is 0 Å². The van der Waals surface area contributed by atoms with E-state index in [2.05, 4.69) is 0 Å². The fourth-order valence-corrected chi connectivity index (χ4v) is 2.43. The molecule has 2 aromatic rings. The normalized spacial score (nSPS) is 11.7. The summed E-state index contributed by atoms with van der Waals surface area (Å²) < 4.78 is 0. The summed E-state index contributed by atoms with van der Waals surface area (Å²) in [6.07, 6.45) is 0. The lowest BCUT2D eigenvalue weighted by Crippen LogP contribution is -2.13. The summed E-state index contributed by atoms with van der Waals surface area (Å²) in [4.78, 5) is 12.6. The topological polar surface area (TPSA) is 40.9 Å². The average Bonchev–Trinajstić information content (AvgIpc) is 2.44. The lowest BCUT2D eigenvalue weighted by atomic mass is 9.90. The van der Waals surface area contributed by atoms with Crippen LogP contribution in [0.2, 0.25) is 10.0 Å². The largest absolute Gasteiger partial charge is 0.292 e. The van der Waals surface area contributed by atoms with E-state index in [-0.39, 0.29) is 5.78 Å². The lowest BCUT2D eigenvalue weighted by molar-refractivity contribution is 0.0978. The third-order valence-corrected chi connectivity index (χ3v) is 3.89. The van der Waals surface area contributed by atoms with Gasteiger partial charge in [-0.2, -0.15) is 5.26 Å². The molecular formula is C16H11Cl2NO. The molecule has 0 spiro atoms. The maximum atomic E-state index is 12.6. The molecule has 1 unspecified atom stereocenters. The van der Waals surface area contributed by atoms with Gasteiger partial charge in [0, 0.05) is 15.6 Å². The first kappa shape index (κ1) is 14.6. The highest BCUT2D eigenvalue weighted by Crippen LogP contribution is 2.29. The Balaban J connectivity index is 2.49. The minimum absolute atomic E-state index is 0.291. The number of benzene rings is 2. The Morgan fingerprint density at radius 1 is 1.10 bits per heavy atom. The number of nitrogens with zero attached hydrogens (tertiary/aromatic N) is 1. The van der Waals surface area contributed by atoms with Crippen LogP contribution in [-0.2, 0) is 0 Å². The van der Waals surface area contributed by atoms with Gasteiger partial charge >= 0.3 is 0 Å². The van der Waals surface area contributed by atoms with Crippen LogP contribution in [0.3, 0.4) is 0 Å². The Morgan fingerprint density at radius 2 is 1.75 bits per heavy atom. The molecule has 100 valence electrons. The van der Waals surface area contributed by atoms with Crippen molar-refractivity contribution >= 4 is 29.0 Å². The summed E-state index contributed by atoms with van der Waals surface area (Å²) in [5, 5.41) is 10.2. The van der Waals surface area contributed by atoms with Gasteiger partial charge in [0.2, 0.25) is 0 Å². The van der Waals surface area contributed by atoms with Crippen molar-refractivity contribution in [2.45, 2.75) is 12.8 Å². The molecule has 0 aliphatic heterocycles. The fourth-order valence-electron chi connectivity index (χ4n) is 2.01. The number of hydrogen-bond acceptors (Lipinski definition) is 2. The quantitative estimate of drug-likeness (QED) is 0.765. The van der Waals surface area contributed by atoms with Gasteiger partial charge in [-0.25, -0.2) is 0 Å². The Hall–Kier alpha value is -1.82. The van der Waals surface area contributed by atoms with E-state index in [0.717, 1.165) is 0 Å². The van der Waals surface area contributed by atoms with Crippen molar-refractivity contribution < 1.29 is 4.79 Å². The van der Waals surface area contributed by atoms with Crippen molar-refractivity contribution in [2.75, 3.05) is 0 Å². The highest BCUT2D eigenvalue weighted by atomic mass is 35.5. The van der Waals surface area contributed by atoms with Crippen LogP contribution < -0.4 is 0 Å². The smallest absolute Gasteiger partial charge is 0.184 e. The van der Waals surface area contributed by atoms with Crippen LogP contribution in [0.1, 0.15) is 27.4 Å². The molecule has 20 heavy (non-hydrogen) atoms. The van der Waals surface area contributed by atoms with E-state index in [1.54, 1.807) is 49.4 Å². The molecule has 0 bridgehead atoms. The average molecular weight is 304 g/mol. The Labute approximate surface area is 127 Å². The summed E-state index contributed by atoms with van der Waals surface area (Å²) in [6, 6.07) is 14.0. The Bertz CT molecular complexity index is 704. The molecule has 0 radical (unpaired) electrons. The van der Waals surface area contributed by atoms with E-state index >= 15 is 0 Å². The fraction of sp³-hybridized carbons (Fsp3) is 0.125. The van der Waals surface area contributed by atoms with Gasteiger partial charge in [-0.3, -0.25) is 4.79 Å². The number of ketones is 1. The number of carbonyl (C=O) groups excluding carboxylic acids is 1. The molecule has 2 aromatic carbocycles. The summed E-state index contributed by atoms with van der Waals surface area (Å²) in [5.74, 6) is -1.22. The molecule has 0 N–H and O–H groups in total. The van der Waals surface area contributed by atoms with Crippen LogP contribution >= 0.6 is 23.2 Å². The summed E-state index contributed by atoms with van der Waals surface area (Å²) in [5.41, 5.74) is 1.64. The molecule has 0 aromatic heterocycles. The van der Waals surface area contributed by atoms with Crippen LogP contribution in [-0.4, -0.2) is 5.78 Å². The van der Waals surface area contributed by atoms with Crippen molar-refractivity contribution in [1.29, 1.82) is 5.26 Å². The minimum Gasteiger partial charge on any atom is -0.292 e. The highest BCUT2D eigenvalue weighted by Gasteiger charge is 2.25. The van der Waals surface area contributed by atoms with Crippen LogP contribution in [0.5, 0.6) is 0 Å². The van der Waals surface area contributed by atoms with Crippen molar-refractivity contribution in [2.24, 2.45) is 0 Å². The number of halogens is 2. The predicted octanol–water partition coefficient (Wildman–Crippen LogP) is 4.79. The van der Waals surface area contributed by atoms with Gasteiger partial charge < -0.3 is 0 Å². The molecule has 2 nitrogen and oxygen atoms in total. The summed E-state index contributed by atoms with van der Waals surface area (Å²) >= 11 is 12.1. The Kier molecular flexibility index (Phi) is 4.44. The molecule has 1 atom stereocenters. The second-order valence-corrected chi connectivity index (χ2v) is 5.17. The maximum absolute atomic E-state index is 12.6. The monoisotopic (exact) mass is 303 g/mol. The molecule has 0 aliphatic carbocycles. The zero-order valence-electron chi connectivity index (χ0n) is 10.7. The second-order valence-electron chi connectivity index (χ2n) is 4.36. The van der Waals surface area contributed by atoms with E-state index < -0.39 is 5.92 Å². The highest BCUT2D eigenvalue weighted by molar-refractivity contribution is 6.32. The van der Waals surface area contributed by atoms with Crippen LogP contribution in [0.4, 0.5) is 0 Å². The van der Waals surface area contributed by atoms with E-state index in [1.807, 2.05) is 6.07 Å². The Morgan fingerprint density at radius 3 is 2.40 bits per heavy atom. The third-order valence-electron chi connectivity index (χ3n) is 3.14. The first-order valence-electron chi connectivity index (χ1n) is 5.99. The van der Waals surface area contributed by atoms with E-state index in [4.69, 9.17) is 23.2 Å². The predicted molar refractivity (Wildman–Crippen MR) is 80.3 cm³/mol. The third kappa shape index (κ3) is 2.70. The van der Waals surface area contributed by atoms with Crippen LogP contribution in [0.15, 0.2) is 42.5 Å². The van der Waals surface area contributed by atoms with Crippen molar-refractivity contribution in [1.82, 2.24) is 0 Å². The number of hydrogen-bond donors (Lipinski definition) is 0. The SMILES string of the molecule is Cc1c(Cl)cccc1C(=O)C(C#N)c1ccccc1Cl. The van der Waals surface area contributed by atoms with E-state index in [0.29, 0.717) is 26.7 Å². The van der Waals surface area contributed by atoms with Crippen molar-refractivity contribution in [3.63, 3.8) is 0 Å². The molecule has 4 heteroatoms. The molecule has 0 saturated carbocycles. The summed E-state index contributed by atoms with van der Waals surface area (Å²) in [7, 11) is 0. The zero-order chi connectivity index (χ0) is 14.7. The zero-order valence-corrected chi connectivity index (χ0v) is 12.2. The molecule has 0 saturated heterocycles. The van der Waals surface area contributed by atoms with Gasteiger partial charge in [0.1, 0.15) is 5.92 Å². The summed E-state index contributed by atoms with van der Waals surface area (Å²) in [6.45, 7) is 1.76. The molecule has 0 amide bonds. The molecule has 0 fully saturated rings. The van der Waals surface area contributed by atoms with Crippen molar-refractivity contribution in [3.8, 4) is 6.07 Å². The number of Topliss-reactive ketones (excluding diaryl/α,β-unsaturated/α-hetero) is 1. The van der Waals surface area contributed by atoms with Gasteiger partial charge in [0.15, 0.2) is 5.78 Å². The lowest BCUT2D eigenvalue weighted by Gasteiger charge is -2.12. The van der Waals surface area contributed by atoms with Crippen molar-refractivity contribution in [3.05, 3.63) is 69.2 Å². The van der Waals surface area contributed by atoms with E-state index in [9.17, 15) is 10.1 Å². The molecule has 0 heterocycles. The second kappa shape index (κ2) is 6.09. The minimum atomic E-state index is -0.930. The van der Waals surface area contributed by atoms with E-state index in [1.165, 1.54) is 0 Å². The number of nitriles is 1. The van der Waals surface area contributed by atoms with Gasteiger partial charge in [-0.05, 0) is 30.2 Å². The first-order valence-corrected chi connectivity index (χ1v) is 6.75.